The maximum absolute atomic E-state index is 12.6. The molecule has 0 N–H and O–H groups in total. The number of Topliss-reactive ketones (excluding diaryl/α,β-unsaturated/α-hetero) is 1. The molecule has 1 fully saturated rings. The molecule has 0 heterocycles. The standard InChI is InChI=1S/C24H37NO7S/c1-4-31-24(27)25(12-11-20(3)26)18-30-13-6-14-33(28,29)17-19(2)22-7-5-8-23(15-22)32-16-21-9-10-21/h5,7-8,15,19,21H,4,6,9-14,16-18H2,1-3H3/t19-/m0/s1. The number of carbonyl (C=O) groups is 2. The van der Waals surface area contributed by atoms with E-state index in [9.17, 15) is 18.0 Å². The Morgan fingerprint density at radius 1 is 1.24 bits per heavy atom. The number of sulfone groups is 1. The SMILES string of the molecule is CCOC(=O)N(CCC(C)=O)COCCCS(=O)(=O)C[C@H](C)c1cccc(OCC2CC2)c1. The Labute approximate surface area is 197 Å². The molecule has 1 saturated carbocycles. The van der Waals surface area contributed by atoms with Gasteiger partial charge in [-0.2, -0.15) is 0 Å². The molecule has 0 aromatic heterocycles. The van der Waals surface area contributed by atoms with E-state index in [0.717, 1.165) is 17.9 Å². The van der Waals surface area contributed by atoms with Crippen molar-refractivity contribution in [3.63, 3.8) is 0 Å². The summed E-state index contributed by atoms with van der Waals surface area (Å²) in [5.41, 5.74) is 0.943. The molecule has 0 aliphatic heterocycles. The van der Waals surface area contributed by atoms with Crippen LogP contribution in [0.2, 0.25) is 0 Å². The Morgan fingerprint density at radius 3 is 2.67 bits per heavy atom. The van der Waals surface area contributed by atoms with Crippen molar-refractivity contribution in [1.29, 1.82) is 0 Å². The molecule has 0 saturated heterocycles. The van der Waals surface area contributed by atoms with E-state index in [1.807, 2.05) is 31.2 Å². The van der Waals surface area contributed by atoms with Crippen LogP contribution in [0, 0.1) is 5.92 Å². The van der Waals surface area contributed by atoms with E-state index in [1.165, 1.54) is 24.7 Å². The minimum absolute atomic E-state index is 0.00205. The van der Waals surface area contributed by atoms with Crippen molar-refractivity contribution in [2.24, 2.45) is 5.92 Å². The normalized spacial score (nSPS) is 14.5. The zero-order valence-electron chi connectivity index (χ0n) is 20.0. The molecule has 0 spiro atoms. The third-order valence-electron chi connectivity index (χ3n) is 5.36. The van der Waals surface area contributed by atoms with Crippen molar-refractivity contribution in [2.45, 2.75) is 52.4 Å². The molecule has 1 atom stereocenters. The molecule has 1 aromatic rings. The van der Waals surface area contributed by atoms with Gasteiger partial charge in [-0.15, -0.1) is 0 Å². The van der Waals surface area contributed by atoms with Gasteiger partial charge in [0.2, 0.25) is 0 Å². The highest BCUT2D eigenvalue weighted by atomic mass is 32.2. The third kappa shape index (κ3) is 11.0. The maximum Gasteiger partial charge on any atom is 0.411 e. The molecular formula is C24H37NO7S. The fourth-order valence-electron chi connectivity index (χ4n) is 3.24. The van der Waals surface area contributed by atoms with E-state index in [0.29, 0.717) is 12.3 Å². The fourth-order valence-corrected chi connectivity index (χ4v) is 4.92. The van der Waals surface area contributed by atoms with Crippen LogP contribution in [0.5, 0.6) is 5.75 Å². The molecule has 33 heavy (non-hydrogen) atoms. The van der Waals surface area contributed by atoms with Crippen LogP contribution in [-0.4, -0.2) is 69.8 Å². The smallest absolute Gasteiger partial charge is 0.411 e. The summed E-state index contributed by atoms with van der Waals surface area (Å²) in [5.74, 6) is 1.31. The van der Waals surface area contributed by atoms with Crippen molar-refractivity contribution in [2.75, 3.05) is 44.6 Å². The number of carbonyl (C=O) groups excluding carboxylic acids is 2. The summed E-state index contributed by atoms with van der Waals surface area (Å²) >= 11 is 0. The molecule has 1 aliphatic rings. The first kappa shape index (κ1) is 27.1. The largest absolute Gasteiger partial charge is 0.493 e. The van der Waals surface area contributed by atoms with E-state index in [4.69, 9.17) is 14.2 Å². The topological polar surface area (TPSA) is 99.2 Å². The first-order valence-electron chi connectivity index (χ1n) is 11.6. The number of ether oxygens (including phenoxy) is 3. The van der Waals surface area contributed by atoms with Crippen LogP contribution < -0.4 is 4.74 Å². The average molecular weight is 484 g/mol. The van der Waals surface area contributed by atoms with Crippen LogP contribution in [-0.2, 0) is 24.1 Å². The first-order chi connectivity index (χ1) is 15.7. The summed E-state index contributed by atoms with van der Waals surface area (Å²) in [7, 11) is -3.28. The van der Waals surface area contributed by atoms with Crippen LogP contribution in [0.4, 0.5) is 4.79 Å². The van der Waals surface area contributed by atoms with Crippen molar-refractivity contribution < 1.29 is 32.2 Å². The number of ketones is 1. The summed E-state index contributed by atoms with van der Waals surface area (Å²) in [4.78, 5) is 24.4. The molecule has 1 aliphatic carbocycles. The van der Waals surface area contributed by atoms with Crippen LogP contribution in [0.25, 0.3) is 0 Å². The lowest BCUT2D eigenvalue weighted by Crippen LogP contribution is -2.35. The summed E-state index contributed by atoms with van der Waals surface area (Å²) in [6.45, 7) is 6.34. The van der Waals surface area contributed by atoms with Crippen LogP contribution in [0.1, 0.15) is 57.9 Å². The van der Waals surface area contributed by atoms with E-state index >= 15 is 0 Å². The quantitative estimate of drug-likeness (QED) is 0.260. The molecule has 9 heteroatoms. The van der Waals surface area contributed by atoms with Gasteiger partial charge in [-0.1, -0.05) is 19.1 Å². The lowest BCUT2D eigenvalue weighted by molar-refractivity contribution is -0.117. The van der Waals surface area contributed by atoms with E-state index in [1.54, 1.807) is 6.92 Å². The van der Waals surface area contributed by atoms with E-state index in [-0.39, 0.29) is 56.1 Å². The predicted molar refractivity (Wildman–Crippen MR) is 126 cm³/mol. The van der Waals surface area contributed by atoms with Crippen molar-refractivity contribution in [3.05, 3.63) is 29.8 Å². The highest BCUT2D eigenvalue weighted by molar-refractivity contribution is 7.91. The van der Waals surface area contributed by atoms with Crippen LogP contribution in [0.3, 0.4) is 0 Å². The number of amides is 1. The van der Waals surface area contributed by atoms with Gasteiger partial charge in [0.1, 0.15) is 18.3 Å². The summed E-state index contributed by atoms with van der Waals surface area (Å²) in [6, 6.07) is 7.66. The summed E-state index contributed by atoms with van der Waals surface area (Å²) < 4.78 is 41.4. The Morgan fingerprint density at radius 2 is 2.00 bits per heavy atom. The van der Waals surface area contributed by atoms with E-state index < -0.39 is 15.9 Å². The molecule has 8 nitrogen and oxygen atoms in total. The molecule has 2 rings (SSSR count). The van der Waals surface area contributed by atoms with Gasteiger partial charge in [0, 0.05) is 19.6 Å². The van der Waals surface area contributed by atoms with Gasteiger partial charge in [0.25, 0.3) is 0 Å². The van der Waals surface area contributed by atoms with Gasteiger partial charge in [-0.3, -0.25) is 9.69 Å². The summed E-state index contributed by atoms with van der Waals surface area (Å²) in [6.07, 6.45) is 2.42. The second-order valence-corrected chi connectivity index (χ2v) is 10.9. The highest BCUT2D eigenvalue weighted by Gasteiger charge is 2.22. The van der Waals surface area contributed by atoms with Gasteiger partial charge >= 0.3 is 6.09 Å². The van der Waals surface area contributed by atoms with Gasteiger partial charge in [-0.25, -0.2) is 13.2 Å². The molecule has 1 amide bonds. The van der Waals surface area contributed by atoms with Crippen molar-refractivity contribution >= 4 is 21.7 Å². The summed E-state index contributed by atoms with van der Waals surface area (Å²) in [5, 5.41) is 0. The second-order valence-electron chi connectivity index (χ2n) is 8.65. The number of hydrogen-bond acceptors (Lipinski definition) is 7. The first-order valence-corrected chi connectivity index (χ1v) is 13.4. The molecule has 1 aromatic carbocycles. The van der Waals surface area contributed by atoms with E-state index in [2.05, 4.69) is 0 Å². The highest BCUT2D eigenvalue weighted by Crippen LogP contribution is 2.30. The average Bonchev–Trinajstić information content (AvgIpc) is 3.58. The van der Waals surface area contributed by atoms with Gasteiger partial charge in [-0.05, 0) is 62.6 Å². The Hall–Kier alpha value is -2.13. The minimum Gasteiger partial charge on any atom is -0.493 e. The predicted octanol–water partition coefficient (Wildman–Crippen LogP) is 3.80. The molecule has 0 bridgehead atoms. The second kappa shape index (κ2) is 13.5. The Kier molecular flexibility index (Phi) is 11.1. The number of benzene rings is 1. The van der Waals surface area contributed by atoms with Crippen molar-refractivity contribution in [3.8, 4) is 5.75 Å². The minimum atomic E-state index is -3.28. The Bertz CT molecular complexity index is 867. The Balaban J connectivity index is 1.74. The fraction of sp³-hybridized carbons (Fsp3) is 0.667. The van der Waals surface area contributed by atoms with Crippen LogP contribution in [0.15, 0.2) is 24.3 Å². The van der Waals surface area contributed by atoms with Gasteiger partial charge in [0.05, 0.1) is 24.7 Å². The van der Waals surface area contributed by atoms with Gasteiger partial charge < -0.3 is 14.2 Å². The zero-order valence-corrected chi connectivity index (χ0v) is 20.8. The molecular weight excluding hydrogens is 446 g/mol. The molecule has 0 radical (unpaired) electrons. The number of hydrogen-bond donors (Lipinski definition) is 0. The monoisotopic (exact) mass is 483 g/mol. The lowest BCUT2D eigenvalue weighted by Gasteiger charge is -2.21. The van der Waals surface area contributed by atoms with Gasteiger partial charge in [0.15, 0.2) is 9.84 Å². The van der Waals surface area contributed by atoms with Crippen LogP contribution >= 0.6 is 0 Å². The molecule has 0 unspecified atom stereocenters. The molecule has 186 valence electrons. The maximum atomic E-state index is 12.6. The number of rotatable bonds is 16. The zero-order chi connectivity index (χ0) is 24.3. The van der Waals surface area contributed by atoms with Crippen molar-refractivity contribution in [1.82, 2.24) is 4.90 Å². The lowest BCUT2D eigenvalue weighted by atomic mass is 10.0. The third-order valence-corrected chi connectivity index (χ3v) is 7.28. The number of nitrogens with zero attached hydrogens (tertiary/aromatic N) is 1.